The molecule has 0 saturated heterocycles. The van der Waals surface area contributed by atoms with E-state index in [2.05, 4.69) is 64.6 Å². The average Bonchev–Trinajstić information content (AvgIpc) is 3.56. The normalized spacial score (nSPS) is 19.7. The van der Waals surface area contributed by atoms with Crippen molar-refractivity contribution in [3.05, 3.63) is 60.1 Å². The van der Waals surface area contributed by atoms with Gasteiger partial charge in [0.1, 0.15) is 12.1 Å². The third-order valence-corrected chi connectivity index (χ3v) is 6.70. The highest BCUT2D eigenvalue weighted by molar-refractivity contribution is 5.90. The van der Waals surface area contributed by atoms with Gasteiger partial charge in [0, 0.05) is 42.7 Å². The number of rotatable bonds is 5. The van der Waals surface area contributed by atoms with Crippen LogP contribution in [0.1, 0.15) is 35.7 Å². The summed E-state index contributed by atoms with van der Waals surface area (Å²) < 4.78 is 0. The number of aromatic nitrogens is 6. The molecule has 0 bridgehead atoms. The molecule has 9 nitrogen and oxygen atoms in total. The van der Waals surface area contributed by atoms with Crippen LogP contribution >= 0.6 is 0 Å². The highest BCUT2D eigenvalue weighted by atomic mass is 16.1. The molecule has 3 N–H and O–H groups in total. The number of anilines is 2. The molecule has 0 spiro atoms. The van der Waals surface area contributed by atoms with Crippen LogP contribution in [0, 0.1) is 5.92 Å². The van der Waals surface area contributed by atoms with Crippen LogP contribution in [0.15, 0.2) is 43.1 Å². The lowest BCUT2D eigenvalue weighted by atomic mass is 9.89. The van der Waals surface area contributed by atoms with Gasteiger partial charge in [-0.1, -0.05) is 18.2 Å². The molecule has 1 aromatic carbocycles. The Morgan fingerprint density at radius 1 is 1.22 bits per heavy atom. The molecule has 0 saturated carbocycles. The Morgan fingerprint density at radius 3 is 3.12 bits per heavy atom. The van der Waals surface area contributed by atoms with Crippen LogP contribution in [0.25, 0.3) is 11.0 Å². The molecule has 2 unspecified atom stereocenters. The van der Waals surface area contributed by atoms with E-state index in [1.165, 1.54) is 5.56 Å². The van der Waals surface area contributed by atoms with Crippen LogP contribution in [0.5, 0.6) is 0 Å². The summed E-state index contributed by atoms with van der Waals surface area (Å²) >= 11 is 0. The van der Waals surface area contributed by atoms with E-state index >= 15 is 0 Å². The summed E-state index contributed by atoms with van der Waals surface area (Å²) in [5.74, 6) is 1.34. The number of carbonyl (C=O) groups is 1. The molecule has 4 heterocycles. The number of fused-ring (bicyclic) bond motifs is 3. The van der Waals surface area contributed by atoms with Crippen molar-refractivity contribution in [2.75, 3.05) is 18.0 Å². The van der Waals surface area contributed by atoms with Crippen LogP contribution in [0.3, 0.4) is 0 Å². The van der Waals surface area contributed by atoms with E-state index in [0.717, 1.165) is 66.2 Å². The fraction of sp³-hybridized carbons (Fsp3) is 0.348. The SMILES string of the molecule is O=C(NCCC1CN(c2ncnc3[nH]ncc23)c2ccccc21)C1CCc2nc[nH]c2C1. The molecule has 2 aliphatic rings. The van der Waals surface area contributed by atoms with Gasteiger partial charge in [-0.3, -0.25) is 9.89 Å². The van der Waals surface area contributed by atoms with Crippen molar-refractivity contribution < 1.29 is 4.79 Å². The molecule has 0 radical (unpaired) electrons. The van der Waals surface area contributed by atoms with Gasteiger partial charge in [0.15, 0.2) is 5.65 Å². The Kier molecular flexibility index (Phi) is 4.59. The lowest BCUT2D eigenvalue weighted by Crippen LogP contribution is -2.35. The first kappa shape index (κ1) is 19.0. The molecule has 0 fully saturated rings. The summed E-state index contributed by atoms with van der Waals surface area (Å²) in [4.78, 5) is 31.3. The predicted molar refractivity (Wildman–Crippen MR) is 120 cm³/mol. The van der Waals surface area contributed by atoms with E-state index in [9.17, 15) is 4.79 Å². The van der Waals surface area contributed by atoms with Gasteiger partial charge in [-0.25, -0.2) is 15.0 Å². The van der Waals surface area contributed by atoms with E-state index in [-0.39, 0.29) is 11.8 Å². The van der Waals surface area contributed by atoms with Crippen molar-refractivity contribution in [3.8, 4) is 0 Å². The fourth-order valence-electron chi connectivity index (χ4n) is 5.05. The summed E-state index contributed by atoms with van der Waals surface area (Å²) in [5.41, 5.74) is 5.39. The number of aryl methyl sites for hydroxylation is 1. The number of hydrogen-bond acceptors (Lipinski definition) is 6. The topological polar surface area (TPSA) is 115 Å². The lowest BCUT2D eigenvalue weighted by molar-refractivity contribution is -0.125. The number of aromatic amines is 2. The van der Waals surface area contributed by atoms with E-state index in [1.807, 2.05) is 0 Å². The molecule has 4 aromatic rings. The highest BCUT2D eigenvalue weighted by Gasteiger charge is 2.31. The molecular weight excluding hydrogens is 404 g/mol. The molecule has 1 aliphatic heterocycles. The van der Waals surface area contributed by atoms with Crippen LogP contribution < -0.4 is 10.2 Å². The number of benzene rings is 1. The second-order valence-electron chi connectivity index (χ2n) is 8.54. The van der Waals surface area contributed by atoms with Crippen molar-refractivity contribution in [2.24, 2.45) is 5.92 Å². The van der Waals surface area contributed by atoms with Crippen molar-refractivity contribution in [1.29, 1.82) is 0 Å². The van der Waals surface area contributed by atoms with Gasteiger partial charge < -0.3 is 15.2 Å². The number of para-hydroxylation sites is 1. The largest absolute Gasteiger partial charge is 0.356 e. The number of amides is 1. The second kappa shape index (κ2) is 7.74. The number of H-pyrrole nitrogens is 2. The molecule has 2 atom stereocenters. The maximum absolute atomic E-state index is 12.8. The minimum Gasteiger partial charge on any atom is -0.356 e. The maximum atomic E-state index is 12.8. The zero-order valence-corrected chi connectivity index (χ0v) is 17.6. The van der Waals surface area contributed by atoms with Crippen molar-refractivity contribution in [3.63, 3.8) is 0 Å². The average molecular weight is 429 g/mol. The van der Waals surface area contributed by atoms with Crippen LogP contribution in [0.4, 0.5) is 11.5 Å². The monoisotopic (exact) mass is 428 g/mol. The number of carbonyl (C=O) groups excluding carboxylic acids is 1. The third kappa shape index (κ3) is 3.21. The number of hydrogen-bond donors (Lipinski definition) is 3. The predicted octanol–water partition coefficient (Wildman–Crippen LogP) is 2.62. The van der Waals surface area contributed by atoms with E-state index in [0.29, 0.717) is 12.5 Å². The summed E-state index contributed by atoms with van der Waals surface area (Å²) in [6, 6.07) is 8.43. The van der Waals surface area contributed by atoms with Crippen molar-refractivity contribution >= 4 is 28.4 Å². The summed E-state index contributed by atoms with van der Waals surface area (Å²) in [6.45, 7) is 1.47. The lowest BCUT2D eigenvalue weighted by Gasteiger charge is -2.21. The Morgan fingerprint density at radius 2 is 2.16 bits per heavy atom. The van der Waals surface area contributed by atoms with Crippen LogP contribution in [-0.2, 0) is 17.6 Å². The second-order valence-corrected chi connectivity index (χ2v) is 8.54. The number of nitrogens with zero attached hydrogens (tertiary/aromatic N) is 5. The first-order valence-corrected chi connectivity index (χ1v) is 11.1. The zero-order chi connectivity index (χ0) is 21.5. The number of imidazole rings is 1. The Bertz CT molecular complexity index is 1280. The van der Waals surface area contributed by atoms with Gasteiger partial charge in [-0.2, -0.15) is 5.10 Å². The molecule has 9 heteroatoms. The van der Waals surface area contributed by atoms with Crippen molar-refractivity contribution in [2.45, 2.75) is 31.6 Å². The van der Waals surface area contributed by atoms with E-state index in [4.69, 9.17) is 0 Å². The Labute approximate surface area is 184 Å². The van der Waals surface area contributed by atoms with E-state index in [1.54, 1.807) is 18.9 Å². The van der Waals surface area contributed by atoms with Gasteiger partial charge in [0.05, 0.1) is 23.6 Å². The van der Waals surface area contributed by atoms with Crippen molar-refractivity contribution in [1.82, 2.24) is 35.5 Å². The Balaban J connectivity index is 1.14. The Hall–Kier alpha value is -3.75. The summed E-state index contributed by atoms with van der Waals surface area (Å²) in [6.07, 6.45) is 8.42. The van der Waals surface area contributed by atoms with Gasteiger partial charge in [0.2, 0.25) is 5.91 Å². The van der Waals surface area contributed by atoms with Crippen LogP contribution in [0.2, 0.25) is 0 Å². The van der Waals surface area contributed by atoms with Gasteiger partial charge in [-0.05, 0) is 30.9 Å². The zero-order valence-electron chi connectivity index (χ0n) is 17.6. The van der Waals surface area contributed by atoms with Gasteiger partial charge >= 0.3 is 0 Å². The molecule has 6 rings (SSSR count). The standard InChI is InChI=1S/C23H24N8O/c32-23(14-5-6-18-19(9-14)26-12-25-18)24-8-7-15-11-31(20-4-2-1-3-16(15)20)22-17-10-29-30-21(17)27-13-28-22/h1-4,10,12-15H,5-9,11H2,(H,24,32)(H,25,26)(H,27,28,29,30). The van der Waals surface area contributed by atoms with E-state index < -0.39 is 0 Å². The molecular formula is C23H24N8O. The molecule has 3 aromatic heterocycles. The van der Waals surface area contributed by atoms with Gasteiger partial charge in [0.25, 0.3) is 0 Å². The van der Waals surface area contributed by atoms with Gasteiger partial charge in [-0.15, -0.1) is 0 Å². The molecule has 1 amide bonds. The first-order valence-electron chi connectivity index (χ1n) is 11.1. The molecule has 32 heavy (non-hydrogen) atoms. The number of nitrogens with one attached hydrogen (secondary N) is 3. The third-order valence-electron chi connectivity index (χ3n) is 6.70. The minimum atomic E-state index is 0.0192. The first-order chi connectivity index (χ1) is 15.8. The maximum Gasteiger partial charge on any atom is 0.223 e. The minimum absolute atomic E-state index is 0.0192. The summed E-state index contributed by atoms with van der Waals surface area (Å²) in [5, 5.41) is 11.1. The molecule has 1 aliphatic carbocycles. The summed E-state index contributed by atoms with van der Waals surface area (Å²) in [7, 11) is 0. The van der Waals surface area contributed by atoms with Crippen LogP contribution in [-0.4, -0.2) is 49.1 Å². The smallest absolute Gasteiger partial charge is 0.223 e. The quantitative estimate of drug-likeness (QED) is 0.450. The highest BCUT2D eigenvalue weighted by Crippen LogP contribution is 2.42. The molecule has 162 valence electrons. The fourth-order valence-corrected chi connectivity index (χ4v) is 5.05.